The highest BCUT2D eigenvalue weighted by Crippen LogP contribution is 2.37. The van der Waals surface area contributed by atoms with Crippen LogP contribution in [-0.2, 0) is 0 Å². The summed E-state index contributed by atoms with van der Waals surface area (Å²) in [5, 5.41) is 10.8. The molecule has 19 heavy (non-hydrogen) atoms. The van der Waals surface area contributed by atoms with Crippen LogP contribution in [0.1, 0.15) is 49.2 Å². The van der Waals surface area contributed by atoms with Gasteiger partial charge in [-0.3, -0.25) is 4.98 Å². The summed E-state index contributed by atoms with van der Waals surface area (Å²) in [4.78, 5) is 6.61. The molecule has 0 N–H and O–H groups in total. The largest absolute Gasteiger partial charge is 0.340 e. The molecule has 1 fully saturated rings. The molecule has 0 aliphatic carbocycles. The van der Waals surface area contributed by atoms with E-state index >= 15 is 0 Å². The van der Waals surface area contributed by atoms with Crippen molar-refractivity contribution in [2.75, 3.05) is 11.4 Å². The van der Waals surface area contributed by atoms with Crippen molar-refractivity contribution in [3.63, 3.8) is 0 Å². The Bertz CT molecular complexity index is 537. The second-order valence-electron chi connectivity index (χ2n) is 5.22. The van der Waals surface area contributed by atoms with Gasteiger partial charge >= 0.3 is 0 Å². The van der Waals surface area contributed by atoms with Gasteiger partial charge in [-0.1, -0.05) is 31.3 Å². The van der Waals surface area contributed by atoms with E-state index in [1.165, 1.54) is 18.4 Å². The predicted octanol–water partition coefficient (Wildman–Crippen LogP) is 3.40. The summed E-state index contributed by atoms with van der Waals surface area (Å²) >= 11 is 1.72. The van der Waals surface area contributed by atoms with E-state index in [4.69, 9.17) is 0 Å². The third kappa shape index (κ3) is 2.47. The minimum Gasteiger partial charge on any atom is -0.340 e. The molecule has 2 aromatic heterocycles. The fraction of sp³-hybridized carbons (Fsp3) is 0.500. The standard InChI is InChI=1S/C14H18N4S/c1-10(2)13-16-17-14(19-13)18-8-4-6-12(18)11-5-3-7-15-9-11/h3,5,7,9-10,12H,4,6,8H2,1-2H3. The van der Waals surface area contributed by atoms with Gasteiger partial charge < -0.3 is 4.90 Å². The summed E-state index contributed by atoms with van der Waals surface area (Å²) in [6, 6.07) is 4.56. The second kappa shape index (κ2) is 5.25. The first-order valence-corrected chi connectivity index (χ1v) is 7.57. The van der Waals surface area contributed by atoms with Crippen LogP contribution < -0.4 is 4.90 Å². The maximum absolute atomic E-state index is 4.37. The smallest absolute Gasteiger partial charge is 0.208 e. The monoisotopic (exact) mass is 274 g/mol. The Morgan fingerprint density at radius 3 is 2.95 bits per heavy atom. The normalized spacial score (nSPS) is 19.3. The van der Waals surface area contributed by atoms with Gasteiger partial charge in [0.15, 0.2) is 0 Å². The van der Waals surface area contributed by atoms with Crippen molar-refractivity contribution in [2.24, 2.45) is 0 Å². The molecule has 0 radical (unpaired) electrons. The van der Waals surface area contributed by atoms with Gasteiger partial charge in [-0.2, -0.15) is 0 Å². The van der Waals surface area contributed by atoms with Gasteiger partial charge in [-0.15, -0.1) is 10.2 Å². The molecule has 3 rings (SSSR count). The SMILES string of the molecule is CC(C)c1nnc(N2CCCC2c2cccnc2)s1. The molecule has 1 aliphatic heterocycles. The van der Waals surface area contributed by atoms with Crippen molar-refractivity contribution in [3.05, 3.63) is 35.1 Å². The fourth-order valence-corrected chi connectivity index (χ4v) is 3.41. The van der Waals surface area contributed by atoms with Crippen LogP contribution in [0.5, 0.6) is 0 Å². The number of hydrogen-bond donors (Lipinski definition) is 0. The zero-order valence-electron chi connectivity index (χ0n) is 11.3. The molecule has 0 amide bonds. The van der Waals surface area contributed by atoms with Gasteiger partial charge in [0, 0.05) is 24.9 Å². The lowest BCUT2D eigenvalue weighted by atomic mass is 10.1. The Hall–Kier alpha value is -1.49. The first-order chi connectivity index (χ1) is 9.25. The lowest BCUT2D eigenvalue weighted by Gasteiger charge is -2.23. The predicted molar refractivity (Wildman–Crippen MR) is 77.6 cm³/mol. The number of anilines is 1. The van der Waals surface area contributed by atoms with E-state index in [0.29, 0.717) is 12.0 Å². The van der Waals surface area contributed by atoms with E-state index in [-0.39, 0.29) is 0 Å². The molecule has 1 aliphatic rings. The Kier molecular flexibility index (Phi) is 3.46. The number of pyridine rings is 1. The molecule has 0 aromatic carbocycles. The molecule has 0 saturated carbocycles. The maximum atomic E-state index is 4.37. The van der Waals surface area contributed by atoms with Crippen LogP contribution in [0.3, 0.4) is 0 Å². The summed E-state index contributed by atoms with van der Waals surface area (Å²) in [7, 11) is 0. The van der Waals surface area contributed by atoms with E-state index in [2.05, 4.69) is 40.0 Å². The molecule has 1 saturated heterocycles. The zero-order chi connectivity index (χ0) is 13.2. The molecular weight excluding hydrogens is 256 g/mol. The number of hydrogen-bond acceptors (Lipinski definition) is 5. The highest BCUT2D eigenvalue weighted by Gasteiger charge is 2.29. The molecule has 1 atom stereocenters. The van der Waals surface area contributed by atoms with Crippen LogP contribution in [0, 0.1) is 0 Å². The van der Waals surface area contributed by atoms with Gasteiger partial charge in [-0.25, -0.2) is 0 Å². The van der Waals surface area contributed by atoms with Crippen molar-refractivity contribution >= 4 is 16.5 Å². The Labute approximate surface area is 117 Å². The van der Waals surface area contributed by atoms with Gasteiger partial charge in [0.1, 0.15) is 5.01 Å². The first kappa shape index (κ1) is 12.5. The van der Waals surface area contributed by atoms with Crippen LogP contribution >= 0.6 is 11.3 Å². The number of aromatic nitrogens is 3. The molecular formula is C14H18N4S. The van der Waals surface area contributed by atoms with Gasteiger partial charge in [-0.05, 0) is 24.5 Å². The van der Waals surface area contributed by atoms with Crippen molar-refractivity contribution in [1.29, 1.82) is 0 Å². The minimum atomic E-state index is 0.404. The van der Waals surface area contributed by atoms with Crippen LogP contribution in [-0.4, -0.2) is 21.7 Å². The van der Waals surface area contributed by atoms with Crippen molar-refractivity contribution in [1.82, 2.24) is 15.2 Å². The molecule has 0 spiro atoms. The summed E-state index contributed by atoms with van der Waals surface area (Å²) in [5.41, 5.74) is 1.28. The van der Waals surface area contributed by atoms with Crippen LogP contribution in [0.25, 0.3) is 0 Å². The van der Waals surface area contributed by atoms with Gasteiger partial charge in [0.2, 0.25) is 5.13 Å². The van der Waals surface area contributed by atoms with Crippen LogP contribution in [0.2, 0.25) is 0 Å². The first-order valence-electron chi connectivity index (χ1n) is 6.75. The Morgan fingerprint density at radius 2 is 2.26 bits per heavy atom. The quantitative estimate of drug-likeness (QED) is 0.860. The highest BCUT2D eigenvalue weighted by atomic mass is 32.1. The second-order valence-corrected chi connectivity index (χ2v) is 6.20. The number of nitrogens with zero attached hydrogens (tertiary/aromatic N) is 4. The molecule has 2 aromatic rings. The van der Waals surface area contributed by atoms with Gasteiger partial charge in [0.25, 0.3) is 0 Å². The van der Waals surface area contributed by atoms with Crippen molar-refractivity contribution in [2.45, 2.75) is 38.6 Å². The van der Waals surface area contributed by atoms with E-state index < -0.39 is 0 Å². The molecule has 0 bridgehead atoms. The zero-order valence-corrected chi connectivity index (χ0v) is 12.1. The third-order valence-electron chi connectivity index (χ3n) is 3.49. The molecule has 5 heteroatoms. The summed E-state index contributed by atoms with van der Waals surface area (Å²) < 4.78 is 0. The molecule has 100 valence electrons. The summed E-state index contributed by atoms with van der Waals surface area (Å²) in [5.74, 6) is 0.450. The van der Waals surface area contributed by atoms with Crippen LogP contribution in [0.4, 0.5) is 5.13 Å². The third-order valence-corrected chi connectivity index (χ3v) is 4.75. The van der Waals surface area contributed by atoms with Crippen LogP contribution in [0.15, 0.2) is 24.5 Å². The van der Waals surface area contributed by atoms with Crippen molar-refractivity contribution in [3.8, 4) is 0 Å². The topological polar surface area (TPSA) is 41.9 Å². The molecule has 1 unspecified atom stereocenters. The molecule has 3 heterocycles. The summed E-state index contributed by atoms with van der Waals surface area (Å²) in [6.45, 7) is 5.38. The summed E-state index contributed by atoms with van der Waals surface area (Å²) in [6.07, 6.45) is 6.16. The fourth-order valence-electron chi connectivity index (χ4n) is 2.49. The Morgan fingerprint density at radius 1 is 1.37 bits per heavy atom. The lowest BCUT2D eigenvalue weighted by molar-refractivity contribution is 0.709. The van der Waals surface area contributed by atoms with E-state index in [1.54, 1.807) is 11.3 Å². The maximum Gasteiger partial charge on any atom is 0.208 e. The minimum absolute atomic E-state index is 0.404. The molecule has 4 nitrogen and oxygen atoms in total. The van der Waals surface area contributed by atoms with E-state index in [1.807, 2.05) is 18.5 Å². The van der Waals surface area contributed by atoms with E-state index in [0.717, 1.165) is 16.7 Å². The average molecular weight is 274 g/mol. The van der Waals surface area contributed by atoms with Crippen molar-refractivity contribution < 1.29 is 0 Å². The highest BCUT2D eigenvalue weighted by molar-refractivity contribution is 7.15. The van der Waals surface area contributed by atoms with E-state index in [9.17, 15) is 0 Å². The van der Waals surface area contributed by atoms with Gasteiger partial charge in [0.05, 0.1) is 6.04 Å². The number of rotatable bonds is 3. The lowest BCUT2D eigenvalue weighted by Crippen LogP contribution is -2.22. The Balaban J connectivity index is 1.86. The average Bonchev–Trinajstić information content (AvgIpc) is 3.08.